The molecule has 1 rings (SSSR count). The summed E-state index contributed by atoms with van der Waals surface area (Å²) in [5.41, 5.74) is 1.09. The molecular formula is C12H13N3O2. The van der Waals surface area contributed by atoms with E-state index in [1.54, 1.807) is 31.2 Å². The minimum absolute atomic E-state index is 0.111. The number of amides is 2. The third kappa shape index (κ3) is 3.95. The fourth-order valence-electron chi connectivity index (χ4n) is 1.09. The molecular weight excluding hydrogens is 218 g/mol. The van der Waals surface area contributed by atoms with Crippen molar-refractivity contribution in [2.24, 2.45) is 0 Å². The van der Waals surface area contributed by atoms with E-state index in [0.29, 0.717) is 11.3 Å². The summed E-state index contributed by atoms with van der Waals surface area (Å²) in [6.07, 6.45) is 0. The van der Waals surface area contributed by atoms with Gasteiger partial charge in [0.1, 0.15) is 0 Å². The van der Waals surface area contributed by atoms with Crippen molar-refractivity contribution >= 4 is 17.5 Å². The Hall–Kier alpha value is -2.35. The number of urea groups is 1. The number of hydrogen-bond donors (Lipinski definition) is 2. The van der Waals surface area contributed by atoms with Gasteiger partial charge in [-0.25, -0.2) is 4.79 Å². The Morgan fingerprint density at radius 1 is 1.29 bits per heavy atom. The molecule has 1 aromatic carbocycles. The topological polar surface area (TPSA) is 82.0 Å². The second-order valence-electron chi connectivity index (χ2n) is 3.62. The molecule has 0 radical (unpaired) electrons. The van der Waals surface area contributed by atoms with Gasteiger partial charge < -0.3 is 10.6 Å². The number of carbonyl (C=O) groups excluding carboxylic acids is 2. The zero-order chi connectivity index (χ0) is 12.8. The molecule has 0 spiro atoms. The molecule has 0 bridgehead atoms. The van der Waals surface area contributed by atoms with Crippen LogP contribution in [0.4, 0.5) is 10.5 Å². The van der Waals surface area contributed by atoms with Crippen LogP contribution < -0.4 is 10.6 Å². The lowest BCUT2D eigenvalue weighted by molar-refractivity contribution is -0.118. The molecule has 5 heteroatoms. The number of nitrogens with one attached hydrogen (secondary N) is 2. The Labute approximate surface area is 99.4 Å². The Kier molecular flexibility index (Phi) is 4.23. The number of benzene rings is 1. The van der Waals surface area contributed by atoms with Gasteiger partial charge in [0.2, 0.25) is 0 Å². The molecule has 0 fully saturated rings. The van der Waals surface area contributed by atoms with E-state index in [4.69, 9.17) is 5.26 Å². The molecule has 2 amide bonds. The van der Waals surface area contributed by atoms with Crippen molar-refractivity contribution in [2.75, 3.05) is 5.32 Å². The maximum Gasteiger partial charge on any atom is 0.319 e. The van der Waals surface area contributed by atoms with E-state index in [2.05, 4.69) is 10.6 Å². The normalized spacial score (nSPS) is 11.1. The van der Waals surface area contributed by atoms with Gasteiger partial charge in [-0.1, -0.05) is 0 Å². The van der Waals surface area contributed by atoms with E-state index in [1.807, 2.05) is 6.07 Å². The quantitative estimate of drug-likeness (QED) is 0.829. The van der Waals surface area contributed by atoms with Crippen LogP contribution >= 0.6 is 0 Å². The standard InChI is InChI=1S/C12H13N3O2/c1-8(9(2)16)14-12(17)15-11-5-3-10(7-13)4-6-11/h3-6,8H,1-2H3,(H2,14,15,17). The summed E-state index contributed by atoms with van der Waals surface area (Å²) in [6.45, 7) is 3.02. The Bertz CT molecular complexity index is 460. The maximum absolute atomic E-state index is 11.4. The zero-order valence-corrected chi connectivity index (χ0v) is 9.65. The molecule has 0 aromatic heterocycles. The van der Waals surface area contributed by atoms with E-state index in [1.165, 1.54) is 6.92 Å². The smallest absolute Gasteiger partial charge is 0.319 e. The Balaban J connectivity index is 2.56. The molecule has 88 valence electrons. The molecule has 17 heavy (non-hydrogen) atoms. The van der Waals surface area contributed by atoms with Crippen LogP contribution in [-0.2, 0) is 4.79 Å². The predicted molar refractivity (Wildman–Crippen MR) is 63.5 cm³/mol. The van der Waals surface area contributed by atoms with Crippen LogP contribution in [-0.4, -0.2) is 17.9 Å². The summed E-state index contributed by atoms with van der Waals surface area (Å²) < 4.78 is 0. The molecule has 0 aliphatic carbocycles. The van der Waals surface area contributed by atoms with E-state index in [9.17, 15) is 9.59 Å². The molecule has 0 heterocycles. The molecule has 1 aromatic rings. The van der Waals surface area contributed by atoms with Crippen LogP contribution in [0.5, 0.6) is 0 Å². The number of ketones is 1. The predicted octanol–water partition coefficient (Wildman–Crippen LogP) is 1.66. The molecule has 0 aliphatic rings. The lowest BCUT2D eigenvalue weighted by Gasteiger charge is -2.11. The second kappa shape index (κ2) is 5.66. The molecule has 0 aliphatic heterocycles. The molecule has 1 atom stereocenters. The summed E-state index contributed by atoms with van der Waals surface area (Å²) in [5, 5.41) is 13.7. The molecule has 5 nitrogen and oxygen atoms in total. The number of nitriles is 1. The first-order valence-electron chi connectivity index (χ1n) is 5.11. The fraction of sp³-hybridized carbons (Fsp3) is 0.250. The number of anilines is 1. The minimum atomic E-state index is -0.520. The van der Waals surface area contributed by atoms with Crippen LogP contribution in [0.1, 0.15) is 19.4 Å². The van der Waals surface area contributed by atoms with Crippen LogP contribution in [0.2, 0.25) is 0 Å². The number of carbonyl (C=O) groups is 2. The van der Waals surface area contributed by atoms with Crippen LogP contribution in [0.15, 0.2) is 24.3 Å². The van der Waals surface area contributed by atoms with E-state index in [-0.39, 0.29) is 5.78 Å². The van der Waals surface area contributed by atoms with Gasteiger partial charge in [-0.05, 0) is 38.1 Å². The van der Waals surface area contributed by atoms with Crippen molar-refractivity contribution in [3.63, 3.8) is 0 Å². The lowest BCUT2D eigenvalue weighted by atomic mass is 10.2. The number of Topliss-reactive ketones (excluding diaryl/α,β-unsaturated/α-hetero) is 1. The van der Waals surface area contributed by atoms with Gasteiger partial charge in [0.05, 0.1) is 17.7 Å². The van der Waals surface area contributed by atoms with Gasteiger partial charge in [0.15, 0.2) is 5.78 Å². The van der Waals surface area contributed by atoms with Crippen molar-refractivity contribution in [3.05, 3.63) is 29.8 Å². The van der Waals surface area contributed by atoms with Crippen molar-refractivity contribution in [2.45, 2.75) is 19.9 Å². The Morgan fingerprint density at radius 2 is 1.88 bits per heavy atom. The Morgan fingerprint density at radius 3 is 2.35 bits per heavy atom. The average molecular weight is 231 g/mol. The molecule has 1 unspecified atom stereocenters. The third-order valence-electron chi connectivity index (χ3n) is 2.23. The lowest BCUT2D eigenvalue weighted by Crippen LogP contribution is -2.39. The zero-order valence-electron chi connectivity index (χ0n) is 9.65. The summed E-state index contributed by atoms with van der Waals surface area (Å²) >= 11 is 0. The minimum Gasteiger partial charge on any atom is -0.328 e. The number of rotatable bonds is 3. The van der Waals surface area contributed by atoms with Gasteiger partial charge >= 0.3 is 6.03 Å². The highest BCUT2D eigenvalue weighted by molar-refractivity contribution is 5.93. The SMILES string of the molecule is CC(=O)C(C)NC(=O)Nc1ccc(C#N)cc1. The first-order valence-corrected chi connectivity index (χ1v) is 5.11. The van der Waals surface area contributed by atoms with E-state index >= 15 is 0 Å². The van der Waals surface area contributed by atoms with Crippen LogP contribution in [0, 0.1) is 11.3 Å². The average Bonchev–Trinajstić information content (AvgIpc) is 2.29. The van der Waals surface area contributed by atoms with Crippen LogP contribution in [0.25, 0.3) is 0 Å². The van der Waals surface area contributed by atoms with Gasteiger partial charge in [-0.2, -0.15) is 5.26 Å². The highest BCUT2D eigenvalue weighted by atomic mass is 16.2. The molecule has 0 saturated heterocycles. The van der Waals surface area contributed by atoms with Gasteiger partial charge in [-0.15, -0.1) is 0 Å². The summed E-state index contributed by atoms with van der Waals surface area (Å²) in [7, 11) is 0. The van der Waals surface area contributed by atoms with Crippen molar-refractivity contribution in [1.82, 2.24) is 5.32 Å². The summed E-state index contributed by atoms with van der Waals surface area (Å²) in [4.78, 5) is 22.4. The van der Waals surface area contributed by atoms with Gasteiger partial charge in [-0.3, -0.25) is 4.79 Å². The maximum atomic E-state index is 11.4. The number of nitrogens with zero attached hydrogens (tertiary/aromatic N) is 1. The van der Waals surface area contributed by atoms with Crippen molar-refractivity contribution in [1.29, 1.82) is 5.26 Å². The van der Waals surface area contributed by atoms with Crippen LogP contribution in [0.3, 0.4) is 0 Å². The molecule has 0 saturated carbocycles. The highest BCUT2D eigenvalue weighted by Crippen LogP contribution is 2.08. The van der Waals surface area contributed by atoms with Crippen molar-refractivity contribution in [3.8, 4) is 6.07 Å². The highest BCUT2D eigenvalue weighted by Gasteiger charge is 2.10. The first-order chi connectivity index (χ1) is 8.02. The summed E-state index contributed by atoms with van der Waals surface area (Å²) in [5.74, 6) is -0.111. The monoisotopic (exact) mass is 231 g/mol. The fourth-order valence-corrected chi connectivity index (χ4v) is 1.09. The number of hydrogen-bond acceptors (Lipinski definition) is 3. The third-order valence-corrected chi connectivity index (χ3v) is 2.23. The summed E-state index contributed by atoms with van der Waals surface area (Å²) in [6, 6.07) is 7.46. The van der Waals surface area contributed by atoms with E-state index in [0.717, 1.165) is 0 Å². The largest absolute Gasteiger partial charge is 0.328 e. The second-order valence-corrected chi connectivity index (χ2v) is 3.62. The van der Waals surface area contributed by atoms with Gasteiger partial charge in [0, 0.05) is 5.69 Å². The van der Waals surface area contributed by atoms with Crippen molar-refractivity contribution < 1.29 is 9.59 Å². The van der Waals surface area contributed by atoms with Gasteiger partial charge in [0.25, 0.3) is 0 Å². The first kappa shape index (κ1) is 12.7. The van der Waals surface area contributed by atoms with E-state index < -0.39 is 12.1 Å². The molecule has 2 N–H and O–H groups in total.